The molecular weight excluding hydrogens is 308 g/mol. The summed E-state index contributed by atoms with van der Waals surface area (Å²) in [6.07, 6.45) is 1.67. The van der Waals surface area contributed by atoms with Crippen molar-refractivity contribution in [1.29, 1.82) is 0 Å². The van der Waals surface area contributed by atoms with Gasteiger partial charge in [0.15, 0.2) is 0 Å². The lowest BCUT2D eigenvalue weighted by Gasteiger charge is -2.06. The summed E-state index contributed by atoms with van der Waals surface area (Å²) in [7, 11) is 0. The van der Waals surface area contributed by atoms with Crippen molar-refractivity contribution in [3.63, 3.8) is 0 Å². The molecule has 0 saturated heterocycles. The summed E-state index contributed by atoms with van der Waals surface area (Å²) < 4.78 is 1.08. The van der Waals surface area contributed by atoms with E-state index in [9.17, 15) is 4.79 Å². The first kappa shape index (κ1) is 13.7. The summed E-state index contributed by atoms with van der Waals surface area (Å²) in [6.45, 7) is 0. The Bertz CT molecular complexity index is 974. The van der Waals surface area contributed by atoms with Crippen LogP contribution in [0.4, 0.5) is 5.69 Å². The molecule has 0 fully saturated rings. The maximum absolute atomic E-state index is 12.5. The molecule has 0 saturated carbocycles. The Morgan fingerprint density at radius 3 is 2.87 bits per heavy atom. The Balaban J connectivity index is 1.68. The van der Waals surface area contributed by atoms with Crippen molar-refractivity contribution < 1.29 is 4.79 Å². The third-order valence-corrected chi connectivity index (χ3v) is 4.33. The minimum atomic E-state index is -0.215. The van der Waals surface area contributed by atoms with E-state index < -0.39 is 0 Å². The average Bonchev–Trinajstić information content (AvgIpc) is 3.24. The van der Waals surface area contributed by atoms with Crippen LogP contribution in [-0.4, -0.2) is 21.1 Å². The maximum atomic E-state index is 12.5. The second kappa shape index (κ2) is 5.66. The number of benzene rings is 2. The molecule has 23 heavy (non-hydrogen) atoms. The molecular formula is C17H12N4OS. The fraction of sp³-hybridized carbons (Fsp3) is 0. The third kappa shape index (κ3) is 2.60. The molecule has 0 radical (unpaired) electrons. The lowest BCUT2D eigenvalue weighted by atomic mass is 10.1. The number of aromatic nitrogens is 3. The van der Waals surface area contributed by atoms with Gasteiger partial charge in [0, 0.05) is 11.3 Å². The third-order valence-electron chi connectivity index (χ3n) is 3.54. The molecule has 112 valence electrons. The molecule has 0 aliphatic heterocycles. The summed E-state index contributed by atoms with van der Waals surface area (Å²) in [4.78, 5) is 16.8. The smallest absolute Gasteiger partial charge is 0.274 e. The number of carbonyl (C=O) groups is 1. The highest BCUT2D eigenvalue weighted by Crippen LogP contribution is 2.28. The molecule has 1 amide bonds. The Kier molecular flexibility index (Phi) is 3.36. The van der Waals surface area contributed by atoms with E-state index in [-0.39, 0.29) is 5.91 Å². The number of H-pyrrole nitrogens is 1. The Hall–Kier alpha value is -2.99. The number of nitrogens with one attached hydrogen (secondary N) is 2. The van der Waals surface area contributed by atoms with E-state index in [1.165, 1.54) is 0 Å². The maximum Gasteiger partial charge on any atom is 0.274 e. The van der Waals surface area contributed by atoms with Crippen LogP contribution in [0.2, 0.25) is 0 Å². The highest BCUT2D eigenvalue weighted by Gasteiger charge is 2.16. The number of carbonyl (C=O) groups excluding carboxylic acids is 1. The van der Waals surface area contributed by atoms with Gasteiger partial charge in [-0.15, -0.1) is 11.3 Å². The molecule has 0 atom stereocenters. The number of anilines is 1. The molecule has 2 aromatic heterocycles. The van der Waals surface area contributed by atoms with Crippen molar-refractivity contribution in [2.45, 2.75) is 0 Å². The van der Waals surface area contributed by atoms with Crippen molar-refractivity contribution in [2.75, 3.05) is 5.32 Å². The van der Waals surface area contributed by atoms with Gasteiger partial charge in [0.2, 0.25) is 0 Å². The lowest BCUT2D eigenvalue weighted by molar-refractivity contribution is 0.102. The van der Waals surface area contributed by atoms with Gasteiger partial charge in [-0.3, -0.25) is 9.89 Å². The topological polar surface area (TPSA) is 70.7 Å². The number of amides is 1. The molecule has 0 aliphatic carbocycles. The minimum absolute atomic E-state index is 0.215. The molecule has 2 N–H and O–H groups in total. The Labute approximate surface area is 136 Å². The van der Waals surface area contributed by atoms with Gasteiger partial charge in [-0.2, -0.15) is 5.10 Å². The van der Waals surface area contributed by atoms with Gasteiger partial charge in [0.05, 0.1) is 21.9 Å². The zero-order valence-electron chi connectivity index (χ0n) is 12.0. The van der Waals surface area contributed by atoms with Crippen LogP contribution in [0.15, 0.2) is 60.2 Å². The first-order valence-corrected chi connectivity index (χ1v) is 7.92. The predicted octanol–water partition coefficient (Wildman–Crippen LogP) is 3.94. The van der Waals surface area contributed by atoms with Gasteiger partial charge in [0.25, 0.3) is 5.91 Å². The first-order valence-electron chi connectivity index (χ1n) is 7.04. The van der Waals surface area contributed by atoms with E-state index in [0.717, 1.165) is 27.0 Å². The number of hydrogen-bond donors (Lipinski definition) is 2. The summed E-state index contributed by atoms with van der Waals surface area (Å²) >= 11 is 1.57. The van der Waals surface area contributed by atoms with Crippen LogP contribution in [0, 0.1) is 0 Å². The molecule has 6 heteroatoms. The van der Waals surface area contributed by atoms with Gasteiger partial charge in [-0.05, 0) is 29.8 Å². The summed E-state index contributed by atoms with van der Waals surface area (Å²) in [5.74, 6) is -0.215. The van der Waals surface area contributed by atoms with Gasteiger partial charge in [-0.1, -0.05) is 24.3 Å². The van der Waals surface area contributed by atoms with Crippen LogP contribution in [0.1, 0.15) is 10.5 Å². The van der Waals surface area contributed by atoms with Crippen LogP contribution in [0.3, 0.4) is 0 Å². The van der Waals surface area contributed by atoms with E-state index >= 15 is 0 Å². The fourth-order valence-corrected chi connectivity index (χ4v) is 3.13. The predicted molar refractivity (Wildman–Crippen MR) is 91.6 cm³/mol. The van der Waals surface area contributed by atoms with E-state index in [0.29, 0.717) is 5.69 Å². The Morgan fingerprint density at radius 1 is 1.13 bits per heavy atom. The Morgan fingerprint density at radius 2 is 2.00 bits per heavy atom. The van der Waals surface area contributed by atoms with Crippen molar-refractivity contribution >= 4 is 33.1 Å². The zero-order valence-corrected chi connectivity index (χ0v) is 12.8. The molecule has 2 aromatic carbocycles. The number of fused-ring (bicyclic) bond motifs is 1. The van der Waals surface area contributed by atoms with E-state index in [1.807, 2.05) is 54.0 Å². The number of rotatable bonds is 3. The largest absolute Gasteiger partial charge is 0.321 e. The van der Waals surface area contributed by atoms with Crippen LogP contribution in [0.25, 0.3) is 21.3 Å². The van der Waals surface area contributed by atoms with Crippen molar-refractivity contribution in [1.82, 2.24) is 15.2 Å². The zero-order chi connectivity index (χ0) is 15.6. The highest BCUT2D eigenvalue weighted by molar-refractivity contribution is 7.16. The normalized spacial score (nSPS) is 10.8. The van der Waals surface area contributed by atoms with Crippen molar-refractivity contribution in [3.05, 3.63) is 65.9 Å². The van der Waals surface area contributed by atoms with Gasteiger partial charge >= 0.3 is 0 Å². The van der Waals surface area contributed by atoms with Crippen LogP contribution in [-0.2, 0) is 0 Å². The van der Waals surface area contributed by atoms with Crippen molar-refractivity contribution in [2.24, 2.45) is 0 Å². The monoisotopic (exact) mass is 320 g/mol. The minimum Gasteiger partial charge on any atom is -0.321 e. The van der Waals surface area contributed by atoms with Crippen LogP contribution in [0.5, 0.6) is 0 Å². The molecule has 5 nitrogen and oxygen atoms in total. The lowest BCUT2D eigenvalue weighted by Crippen LogP contribution is -2.13. The fourth-order valence-electron chi connectivity index (χ4n) is 2.42. The molecule has 4 aromatic rings. The molecule has 0 unspecified atom stereocenters. The summed E-state index contributed by atoms with van der Waals surface area (Å²) in [5.41, 5.74) is 5.67. The number of thiazole rings is 1. The van der Waals surface area contributed by atoms with Crippen LogP contribution >= 0.6 is 11.3 Å². The van der Waals surface area contributed by atoms with Gasteiger partial charge in [0.1, 0.15) is 5.69 Å². The first-order chi connectivity index (χ1) is 11.3. The molecule has 0 aliphatic rings. The molecule has 2 heterocycles. The van der Waals surface area contributed by atoms with E-state index in [4.69, 9.17) is 0 Å². The average molecular weight is 320 g/mol. The number of hydrogen-bond acceptors (Lipinski definition) is 4. The van der Waals surface area contributed by atoms with Crippen LogP contribution < -0.4 is 5.32 Å². The van der Waals surface area contributed by atoms with Gasteiger partial charge < -0.3 is 5.32 Å². The van der Waals surface area contributed by atoms with Gasteiger partial charge in [-0.25, -0.2) is 4.98 Å². The number of nitrogens with zero attached hydrogens (tertiary/aromatic N) is 2. The van der Waals surface area contributed by atoms with E-state index in [2.05, 4.69) is 20.5 Å². The van der Waals surface area contributed by atoms with E-state index in [1.54, 1.807) is 17.5 Å². The quantitative estimate of drug-likeness (QED) is 0.600. The number of para-hydroxylation sites is 1. The molecule has 0 spiro atoms. The number of aromatic amines is 1. The van der Waals surface area contributed by atoms with Crippen molar-refractivity contribution in [3.8, 4) is 11.1 Å². The summed E-state index contributed by atoms with van der Waals surface area (Å²) in [6, 6.07) is 15.3. The standard InChI is InChI=1S/C17H12N4OS/c22-17(20-12-4-2-1-3-5-12)16-13(9-19-21-16)11-6-7-14-15(8-11)23-10-18-14/h1-10H,(H,19,21)(H,20,22). The highest BCUT2D eigenvalue weighted by atomic mass is 32.1. The molecule has 0 bridgehead atoms. The second-order valence-corrected chi connectivity index (χ2v) is 5.90. The molecule has 4 rings (SSSR count). The summed E-state index contributed by atoms with van der Waals surface area (Å²) in [5, 5.41) is 9.69. The second-order valence-electron chi connectivity index (χ2n) is 5.01. The SMILES string of the molecule is O=C(Nc1ccccc1)c1[nH]ncc1-c1ccc2ncsc2c1.